The number of ether oxygens (including phenoxy) is 1. The molecule has 0 atom stereocenters. The maximum Gasteiger partial charge on any atom is 0.265 e. The third kappa shape index (κ3) is 1.84. The van der Waals surface area contributed by atoms with Gasteiger partial charge >= 0.3 is 0 Å². The number of hydrogen-bond donors (Lipinski definition) is 1. The zero-order valence-electron chi connectivity index (χ0n) is 8.90. The van der Waals surface area contributed by atoms with Crippen molar-refractivity contribution in [3.63, 3.8) is 0 Å². The van der Waals surface area contributed by atoms with Gasteiger partial charge in [-0.1, -0.05) is 0 Å². The van der Waals surface area contributed by atoms with E-state index >= 15 is 0 Å². The number of fused-ring (bicyclic) bond motifs is 1. The van der Waals surface area contributed by atoms with Crippen molar-refractivity contribution in [1.29, 1.82) is 0 Å². The summed E-state index contributed by atoms with van der Waals surface area (Å²) in [5.74, 6) is 0.270. The minimum absolute atomic E-state index is 0.0375. The molecule has 1 aromatic rings. The summed E-state index contributed by atoms with van der Waals surface area (Å²) in [6.07, 6.45) is 0. The fourth-order valence-corrected chi connectivity index (χ4v) is 1.62. The molecule has 0 spiro atoms. The molecule has 2 N–H and O–H groups in total. The number of nitrogens with zero attached hydrogens (tertiary/aromatic N) is 1. The Balaban J connectivity index is 2.42. The lowest BCUT2D eigenvalue weighted by Crippen LogP contribution is -2.41. The summed E-state index contributed by atoms with van der Waals surface area (Å²) in [5, 5.41) is 0. The van der Waals surface area contributed by atoms with Gasteiger partial charge in [-0.2, -0.15) is 0 Å². The van der Waals surface area contributed by atoms with Gasteiger partial charge in [0.25, 0.3) is 5.91 Å². The van der Waals surface area contributed by atoms with E-state index in [-0.39, 0.29) is 24.8 Å². The zero-order chi connectivity index (χ0) is 11.7. The van der Waals surface area contributed by atoms with E-state index in [2.05, 4.69) is 0 Å². The lowest BCUT2D eigenvalue weighted by molar-refractivity contribution is -0.123. The van der Waals surface area contributed by atoms with Crippen molar-refractivity contribution >= 4 is 23.1 Å². The van der Waals surface area contributed by atoms with Crippen LogP contribution in [0.2, 0.25) is 0 Å². The predicted octanol–water partition coefficient (Wildman–Crippen LogP) is 0.583. The molecular formula is C11H12N2O3. The number of carbonyl (C=O) groups is 2. The molecule has 0 fully saturated rings. The molecule has 1 aliphatic heterocycles. The predicted molar refractivity (Wildman–Crippen MR) is 59.4 cm³/mol. The van der Waals surface area contributed by atoms with Crippen molar-refractivity contribution in [2.45, 2.75) is 6.92 Å². The maximum absolute atomic E-state index is 11.6. The first kappa shape index (κ1) is 10.5. The molecule has 1 heterocycles. The molecule has 84 valence electrons. The first-order valence-electron chi connectivity index (χ1n) is 4.90. The molecule has 16 heavy (non-hydrogen) atoms. The Kier molecular flexibility index (Phi) is 2.52. The van der Waals surface area contributed by atoms with E-state index < -0.39 is 0 Å². The largest absolute Gasteiger partial charge is 0.482 e. The lowest BCUT2D eigenvalue weighted by Gasteiger charge is -2.28. The number of rotatable bonds is 2. The van der Waals surface area contributed by atoms with Crippen molar-refractivity contribution in [2.24, 2.45) is 0 Å². The van der Waals surface area contributed by atoms with Crippen LogP contribution in [0.5, 0.6) is 5.75 Å². The number of benzene rings is 1. The van der Waals surface area contributed by atoms with Crippen LogP contribution in [0.4, 0.5) is 11.4 Å². The standard InChI is InChI=1S/C11H12N2O3/c1-7(14)5-13-9-4-8(12)2-3-10(9)16-6-11(13)15/h2-4H,5-6,12H2,1H3. The van der Waals surface area contributed by atoms with E-state index in [1.165, 1.54) is 11.8 Å². The fourth-order valence-electron chi connectivity index (χ4n) is 1.62. The van der Waals surface area contributed by atoms with E-state index in [1.807, 2.05) is 0 Å². The summed E-state index contributed by atoms with van der Waals surface area (Å²) in [6, 6.07) is 5.03. The van der Waals surface area contributed by atoms with Gasteiger partial charge in [0.05, 0.1) is 12.2 Å². The number of ketones is 1. The van der Waals surface area contributed by atoms with Crippen LogP contribution in [0.1, 0.15) is 6.92 Å². The van der Waals surface area contributed by atoms with Crippen LogP contribution in [-0.2, 0) is 9.59 Å². The molecule has 0 saturated carbocycles. The van der Waals surface area contributed by atoms with Gasteiger partial charge in [-0.3, -0.25) is 14.5 Å². The molecule has 1 aliphatic rings. The maximum atomic E-state index is 11.6. The number of amides is 1. The fraction of sp³-hybridized carbons (Fsp3) is 0.273. The second kappa shape index (κ2) is 3.84. The molecule has 5 nitrogen and oxygen atoms in total. The van der Waals surface area contributed by atoms with Crippen LogP contribution in [0.25, 0.3) is 0 Å². The van der Waals surface area contributed by atoms with Gasteiger partial charge < -0.3 is 10.5 Å². The van der Waals surface area contributed by atoms with Crippen LogP contribution in [0, 0.1) is 0 Å². The molecule has 1 aromatic carbocycles. The molecular weight excluding hydrogens is 208 g/mol. The first-order valence-corrected chi connectivity index (χ1v) is 4.90. The molecule has 0 bridgehead atoms. The average molecular weight is 220 g/mol. The highest BCUT2D eigenvalue weighted by Crippen LogP contribution is 2.33. The van der Waals surface area contributed by atoms with Crippen LogP contribution < -0.4 is 15.4 Å². The quantitative estimate of drug-likeness (QED) is 0.740. The summed E-state index contributed by atoms with van der Waals surface area (Å²) >= 11 is 0. The number of carbonyl (C=O) groups excluding carboxylic acids is 2. The second-order valence-corrected chi connectivity index (χ2v) is 3.70. The Morgan fingerprint density at radius 1 is 1.56 bits per heavy atom. The third-order valence-corrected chi connectivity index (χ3v) is 2.31. The molecule has 1 amide bonds. The molecule has 0 unspecified atom stereocenters. The molecule has 0 saturated heterocycles. The number of nitrogen functional groups attached to an aromatic ring is 1. The monoisotopic (exact) mass is 220 g/mol. The molecule has 0 aromatic heterocycles. The summed E-state index contributed by atoms with van der Waals surface area (Å²) in [6.45, 7) is 1.46. The van der Waals surface area contributed by atoms with Crippen molar-refractivity contribution in [3.05, 3.63) is 18.2 Å². The summed E-state index contributed by atoms with van der Waals surface area (Å²) < 4.78 is 5.24. The van der Waals surface area contributed by atoms with Crippen molar-refractivity contribution in [3.8, 4) is 5.75 Å². The normalized spacial score (nSPS) is 14.3. The van der Waals surface area contributed by atoms with Crippen LogP contribution in [0.15, 0.2) is 18.2 Å². The Hall–Kier alpha value is -2.04. The van der Waals surface area contributed by atoms with E-state index in [9.17, 15) is 9.59 Å². The van der Waals surface area contributed by atoms with Crippen molar-refractivity contribution in [2.75, 3.05) is 23.8 Å². The first-order chi connectivity index (χ1) is 7.58. The SMILES string of the molecule is CC(=O)CN1C(=O)COc2ccc(N)cc21. The van der Waals surface area contributed by atoms with Gasteiger partial charge in [0.15, 0.2) is 6.61 Å². The Bertz CT molecular complexity index is 457. The van der Waals surface area contributed by atoms with E-state index in [0.717, 1.165) is 0 Å². The van der Waals surface area contributed by atoms with E-state index in [0.29, 0.717) is 17.1 Å². The second-order valence-electron chi connectivity index (χ2n) is 3.70. The minimum atomic E-state index is -0.228. The summed E-state index contributed by atoms with van der Waals surface area (Å²) in [5.41, 5.74) is 6.74. The molecule has 2 rings (SSSR count). The summed E-state index contributed by atoms with van der Waals surface area (Å²) in [7, 11) is 0. The number of Topliss-reactive ketones (excluding diaryl/α,β-unsaturated/α-hetero) is 1. The third-order valence-electron chi connectivity index (χ3n) is 2.31. The number of hydrogen-bond acceptors (Lipinski definition) is 4. The topological polar surface area (TPSA) is 72.6 Å². The highest BCUT2D eigenvalue weighted by Gasteiger charge is 2.26. The van der Waals surface area contributed by atoms with E-state index in [1.54, 1.807) is 18.2 Å². The smallest absolute Gasteiger partial charge is 0.265 e. The summed E-state index contributed by atoms with van der Waals surface area (Å²) in [4.78, 5) is 24.1. The highest BCUT2D eigenvalue weighted by molar-refractivity contribution is 6.02. The van der Waals surface area contributed by atoms with Crippen molar-refractivity contribution in [1.82, 2.24) is 0 Å². The van der Waals surface area contributed by atoms with Crippen LogP contribution in [-0.4, -0.2) is 24.8 Å². The molecule has 5 heteroatoms. The van der Waals surface area contributed by atoms with Crippen molar-refractivity contribution < 1.29 is 14.3 Å². The minimum Gasteiger partial charge on any atom is -0.482 e. The van der Waals surface area contributed by atoms with Crippen LogP contribution >= 0.6 is 0 Å². The van der Waals surface area contributed by atoms with Gasteiger partial charge in [0, 0.05) is 5.69 Å². The Labute approximate surface area is 92.8 Å². The zero-order valence-corrected chi connectivity index (χ0v) is 8.90. The van der Waals surface area contributed by atoms with Gasteiger partial charge in [0.1, 0.15) is 11.5 Å². The molecule has 0 aliphatic carbocycles. The average Bonchev–Trinajstić information content (AvgIpc) is 2.22. The van der Waals surface area contributed by atoms with Gasteiger partial charge in [-0.05, 0) is 25.1 Å². The molecule has 0 radical (unpaired) electrons. The number of nitrogens with two attached hydrogens (primary N) is 1. The van der Waals surface area contributed by atoms with E-state index in [4.69, 9.17) is 10.5 Å². The van der Waals surface area contributed by atoms with Crippen LogP contribution in [0.3, 0.4) is 0 Å². The van der Waals surface area contributed by atoms with Gasteiger partial charge in [0.2, 0.25) is 0 Å². The number of anilines is 2. The Morgan fingerprint density at radius 3 is 3.00 bits per heavy atom. The lowest BCUT2D eigenvalue weighted by atomic mass is 10.2. The van der Waals surface area contributed by atoms with Gasteiger partial charge in [-0.25, -0.2) is 0 Å². The highest BCUT2D eigenvalue weighted by atomic mass is 16.5. The van der Waals surface area contributed by atoms with Gasteiger partial charge in [-0.15, -0.1) is 0 Å². The Morgan fingerprint density at radius 2 is 2.31 bits per heavy atom.